The van der Waals surface area contributed by atoms with Crippen LogP contribution in [0.5, 0.6) is 5.75 Å². The maximum Gasteiger partial charge on any atom is 0.255 e. The van der Waals surface area contributed by atoms with Crippen molar-refractivity contribution in [2.45, 2.75) is 58.5 Å². The van der Waals surface area contributed by atoms with E-state index < -0.39 is 0 Å². The Balaban J connectivity index is 1.88. The fourth-order valence-corrected chi connectivity index (χ4v) is 3.01. The quantitative estimate of drug-likeness (QED) is 0.698. The second-order valence-corrected chi connectivity index (χ2v) is 6.57. The van der Waals surface area contributed by atoms with Crippen LogP contribution in [0.4, 0.5) is 0 Å². The Kier molecular flexibility index (Phi) is 8.10. The van der Waals surface area contributed by atoms with Crippen LogP contribution in [0.3, 0.4) is 0 Å². The fourth-order valence-electron chi connectivity index (χ4n) is 3.01. The average molecular weight is 333 g/mol. The zero-order valence-electron chi connectivity index (χ0n) is 15.1. The third kappa shape index (κ3) is 5.82. The van der Waals surface area contributed by atoms with Crippen molar-refractivity contribution in [3.63, 3.8) is 0 Å². The lowest BCUT2D eigenvalue weighted by molar-refractivity contribution is 0.0670. The first kappa shape index (κ1) is 18.8. The van der Waals surface area contributed by atoms with Crippen LogP contribution < -0.4 is 10.1 Å². The molecule has 0 radical (unpaired) electrons. The van der Waals surface area contributed by atoms with Crippen molar-refractivity contribution in [1.82, 2.24) is 5.32 Å². The van der Waals surface area contributed by atoms with Crippen molar-refractivity contribution >= 4 is 5.91 Å². The SMILES string of the molecule is CCCCC(CC)CNC(=O)c1ccccc1OCC1CCCO1. The molecule has 1 aliphatic heterocycles. The van der Waals surface area contributed by atoms with E-state index in [0.29, 0.717) is 23.8 Å². The van der Waals surface area contributed by atoms with E-state index in [0.717, 1.165) is 32.4 Å². The Morgan fingerprint density at radius 1 is 1.38 bits per heavy atom. The summed E-state index contributed by atoms with van der Waals surface area (Å²) in [6, 6.07) is 7.46. The molecule has 134 valence electrons. The molecule has 2 rings (SSSR count). The van der Waals surface area contributed by atoms with Crippen LogP contribution in [0.1, 0.15) is 62.7 Å². The summed E-state index contributed by atoms with van der Waals surface area (Å²) in [7, 11) is 0. The highest BCUT2D eigenvalue weighted by Crippen LogP contribution is 2.21. The Morgan fingerprint density at radius 2 is 2.21 bits per heavy atom. The number of carbonyl (C=O) groups is 1. The number of nitrogens with one attached hydrogen (secondary N) is 1. The summed E-state index contributed by atoms with van der Waals surface area (Å²) in [5.41, 5.74) is 0.612. The smallest absolute Gasteiger partial charge is 0.255 e. The second-order valence-electron chi connectivity index (χ2n) is 6.57. The monoisotopic (exact) mass is 333 g/mol. The molecule has 4 nitrogen and oxygen atoms in total. The number of para-hydroxylation sites is 1. The molecule has 1 amide bonds. The minimum absolute atomic E-state index is 0.0483. The first-order valence-corrected chi connectivity index (χ1v) is 9.36. The zero-order chi connectivity index (χ0) is 17.2. The number of hydrogen-bond donors (Lipinski definition) is 1. The second kappa shape index (κ2) is 10.3. The van der Waals surface area contributed by atoms with E-state index in [1.165, 1.54) is 19.3 Å². The predicted octanol–water partition coefficient (Wildman–Crippen LogP) is 4.19. The van der Waals surface area contributed by atoms with Gasteiger partial charge in [0, 0.05) is 13.2 Å². The van der Waals surface area contributed by atoms with E-state index in [-0.39, 0.29) is 12.0 Å². The van der Waals surface area contributed by atoms with Crippen molar-refractivity contribution in [2.75, 3.05) is 19.8 Å². The van der Waals surface area contributed by atoms with Gasteiger partial charge in [-0.05, 0) is 37.3 Å². The van der Waals surface area contributed by atoms with Crippen LogP contribution in [0.15, 0.2) is 24.3 Å². The Morgan fingerprint density at radius 3 is 2.92 bits per heavy atom. The van der Waals surface area contributed by atoms with Gasteiger partial charge in [-0.3, -0.25) is 4.79 Å². The third-order valence-electron chi connectivity index (χ3n) is 4.67. The van der Waals surface area contributed by atoms with Gasteiger partial charge in [0.1, 0.15) is 12.4 Å². The standard InChI is InChI=1S/C20H31NO3/c1-3-5-9-16(4-2)14-21-20(22)18-11-6-7-12-19(18)24-15-17-10-8-13-23-17/h6-7,11-12,16-17H,3-5,8-10,13-15H2,1-2H3,(H,21,22). The molecule has 1 aliphatic rings. The first-order valence-electron chi connectivity index (χ1n) is 9.36. The highest BCUT2D eigenvalue weighted by Gasteiger charge is 2.18. The number of hydrogen-bond acceptors (Lipinski definition) is 3. The Labute approximate surface area is 145 Å². The molecule has 2 unspecified atom stereocenters. The van der Waals surface area contributed by atoms with Gasteiger partial charge in [0.15, 0.2) is 0 Å². The minimum atomic E-state index is -0.0483. The summed E-state index contributed by atoms with van der Waals surface area (Å²) in [6.45, 7) is 6.44. The lowest BCUT2D eigenvalue weighted by atomic mass is 9.99. The topological polar surface area (TPSA) is 47.6 Å². The van der Waals surface area contributed by atoms with Crippen molar-refractivity contribution in [3.05, 3.63) is 29.8 Å². The number of rotatable bonds is 10. The molecule has 1 heterocycles. The van der Waals surface area contributed by atoms with Gasteiger partial charge in [-0.25, -0.2) is 0 Å². The van der Waals surface area contributed by atoms with Gasteiger partial charge in [0.05, 0.1) is 11.7 Å². The van der Waals surface area contributed by atoms with E-state index in [9.17, 15) is 4.79 Å². The Bertz CT molecular complexity index is 497. The van der Waals surface area contributed by atoms with E-state index in [1.807, 2.05) is 24.3 Å². The van der Waals surface area contributed by atoms with E-state index in [4.69, 9.17) is 9.47 Å². The molecule has 24 heavy (non-hydrogen) atoms. The molecule has 1 fully saturated rings. The van der Waals surface area contributed by atoms with E-state index >= 15 is 0 Å². The molecule has 1 saturated heterocycles. The number of amides is 1. The van der Waals surface area contributed by atoms with Crippen molar-refractivity contribution < 1.29 is 14.3 Å². The van der Waals surface area contributed by atoms with Crippen molar-refractivity contribution in [2.24, 2.45) is 5.92 Å². The predicted molar refractivity (Wildman–Crippen MR) is 96.6 cm³/mol. The molecule has 0 aliphatic carbocycles. The summed E-state index contributed by atoms with van der Waals surface area (Å²) < 4.78 is 11.4. The van der Waals surface area contributed by atoms with Crippen LogP contribution in [-0.4, -0.2) is 31.8 Å². The summed E-state index contributed by atoms with van der Waals surface area (Å²) >= 11 is 0. The molecule has 4 heteroatoms. The normalized spacial score (nSPS) is 18.3. The molecule has 2 atom stereocenters. The van der Waals surface area contributed by atoms with Crippen molar-refractivity contribution in [1.29, 1.82) is 0 Å². The fraction of sp³-hybridized carbons (Fsp3) is 0.650. The summed E-state index contributed by atoms with van der Waals surface area (Å²) in [5, 5.41) is 3.08. The van der Waals surface area contributed by atoms with Crippen LogP contribution >= 0.6 is 0 Å². The Hall–Kier alpha value is -1.55. The van der Waals surface area contributed by atoms with Gasteiger partial charge < -0.3 is 14.8 Å². The lowest BCUT2D eigenvalue weighted by Gasteiger charge is -2.17. The molecule has 0 aromatic heterocycles. The molecule has 0 bridgehead atoms. The molecule has 0 spiro atoms. The van der Waals surface area contributed by atoms with E-state index in [1.54, 1.807) is 0 Å². The van der Waals surface area contributed by atoms with Gasteiger partial charge >= 0.3 is 0 Å². The lowest BCUT2D eigenvalue weighted by Crippen LogP contribution is -2.29. The van der Waals surface area contributed by atoms with Crippen LogP contribution in [0.25, 0.3) is 0 Å². The number of unbranched alkanes of at least 4 members (excludes halogenated alkanes) is 1. The van der Waals surface area contributed by atoms with Crippen molar-refractivity contribution in [3.8, 4) is 5.75 Å². The van der Waals surface area contributed by atoms with Gasteiger partial charge in [0.2, 0.25) is 0 Å². The zero-order valence-corrected chi connectivity index (χ0v) is 15.1. The van der Waals surface area contributed by atoms with Crippen LogP contribution in [0.2, 0.25) is 0 Å². The molecular formula is C20H31NO3. The largest absolute Gasteiger partial charge is 0.490 e. The van der Waals surface area contributed by atoms with Gasteiger partial charge in [-0.1, -0.05) is 45.2 Å². The third-order valence-corrected chi connectivity index (χ3v) is 4.67. The summed E-state index contributed by atoms with van der Waals surface area (Å²) in [6.07, 6.45) is 6.96. The number of ether oxygens (including phenoxy) is 2. The molecule has 1 aromatic rings. The highest BCUT2D eigenvalue weighted by molar-refractivity contribution is 5.96. The van der Waals surface area contributed by atoms with Gasteiger partial charge in [-0.15, -0.1) is 0 Å². The summed E-state index contributed by atoms with van der Waals surface area (Å²) in [5.74, 6) is 1.15. The maximum atomic E-state index is 12.5. The number of benzene rings is 1. The van der Waals surface area contributed by atoms with E-state index in [2.05, 4.69) is 19.2 Å². The highest BCUT2D eigenvalue weighted by atomic mass is 16.5. The van der Waals surface area contributed by atoms with Gasteiger partial charge in [-0.2, -0.15) is 0 Å². The molecular weight excluding hydrogens is 302 g/mol. The molecule has 1 N–H and O–H groups in total. The molecule has 1 aromatic carbocycles. The maximum absolute atomic E-state index is 12.5. The number of carbonyl (C=O) groups excluding carboxylic acids is 1. The molecule has 0 saturated carbocycles. The van der Waals surface area contributed by atoms with Gasteiger partial charge in [0.25, 0.3) is 5.91 Å². The minimum Gasteiger partial charge on any atom is -0.490 e. The average Bonchev–Trinajstić information content (AvgIpc) is 3.13. The van der Waals surface area contributed by atoms with Crippen LogP contribution in [-0.2, 0) is 4.74 Å². The van der Waals surface area contributed by atoms with Crippen LogP contribution in [0, 0.1) is 5.92 Å². The summed E-state index contributed by atoms with van der Waals surface area (Å²) in [4.78, 5) is 12.5. The first-order chi connectivity index (χ1) is 11.7.